The van der Waals surface area contributed by atoms with Crippen LogP contribution in [0, 0.1) is 5.82 Å². The highest BCUT2D eigenvalue weighted by Gasteiger charge is 2.20. The van der Waals surface area contributed by atoms with Gasteiger partial charge in [0.05, 0.1) is 18.5 Å². The van der Waals surface area contributed by atoms with Crippen LogP contribution in [-0.4, -0.2) is 31.4 Å². The van der Waals surface area contributed by atoms with Crippen LogP contribution < -0.4 is 15.4 Å². The molecule has 3 aromatic heterocycles. The quantitative estimate of drug-likeness (QED) is 0.403. The fraction of sp³-hybridized carbons (Fsp3) is 0.182. The summed E-state index contributed by atoms with van der Waals surface area (Å²) in [6.45, 7) is 2.61. The van der Waals surface area contributed by atoms with E-state index in [1.54, 1.807) is 29.2 Å². The van der Waals surface area contributed by atoms with Crippen LogP contribution in [0.1, 0.15) is 33.7 Å². The lowest BCUT2D eigenvalue weighted by atomic mass is 10.3. The molecule has 2 amide bonds. The number of benzene rings is 1. The number of hydrogen-bond donors (Lipinski definition) is 2. The van der Waals surface area contributed by atoms with Gasteiger partial charge in [0, 0.05) is 18.9 Å². The zero-order chi connectivity index (χ0) is 23.2. The molecule has 170 valence electrons. The minimum atomic E-state index is -0.508. The fourth-order valence-electron chi connectivity index (χ4n) is 2.92. The molecule has 4 rings (SSSR count). The van der Waals surface area contributed by atoms with Crippen molar-refractivity contribution >= 4 is 17.5 Å². The van der Waals surface area contributed by atoms with E-state index in [1.165, 1.54) is 41.3 Å². The minimum absolute atomic E-state index is 0.0348. The largest absolute Gasteiger partial charge is 0.471 e. The van der Waals surface area contributed by atoms with Crippen molar-refractivity contribution in [2.45, 2.75) is 26.7 Å². The Morgan fingerprint density at radius 3 is 2.64 bits per heavy atom. The number of amides is 2. The average molecular weight is 452 g/mol. The van der Waals surface area contributed by atoms with E-state index >= 15 is 0 Å². The van der Waals surface area contributed by atoms with Gasteiger partial charge in [0.1, 0.15) is 17.3 Å². The molecule has 0 aliphatic heterocycles. The minimum Gasteiger partial charge on any atom is -0.471 e. The van der Waals surface area contributed by atoms with Crippen LogP contribution in [0.2, 0.25) is 0 Å². The van der Waals surface area contributed by atoms with Crippen LogP contribution in [0.15, 0.2) is 65.5 Å². The SMILES string of the molecule is CCn1cc(NC(=O)c2ccn(COc3ccc(F)cc3)n2)c(C(=O)NCc2ccco2)n1. The summed E-state index contributed by atoms with van der Waals surface area (Å²) in [4.78, 5) is 25.3. The Morgan fingerprint density at radius 1 is 1.09 bits per heavy atom. The van der Waals surface area contributed by atoms with Crippen LogP contribution in [0.5, 0.6) is 5.75 Å². The molecule has 33 heavy (non-hydrogen) atoms. The first-order valence-electron chi connectivity index (χ1n) is 10.1. The van der Waals surface area contributed by atoms with Crippen LogP contribution in [-0.2, 0) is 19.8 Å². The highest BCUT2D eigenvalue weighted by Crippen LogP contribution is 2.16. The molecule has 0 aliphatic rings. The monoisotopic (exact) mass is 452 g/mol. The van der Waals surface area contributed by atoms with Crippen molar-refractivity contribution in [3.63, 3.8) is 0 Å². The molecule has 2 N–H and O–H groups in total. The van der Waals surface area contributed by atoms with Gasteiger partial charge in [-0.25, -0.2) is 9.07 Å². The van der Waals surface area contributed by atoms with Crippen LogP contribution in [0.3, 0.4) is 0 Å². The summed E-state index contributed by atoms with van der Waals surface area (Å²) >= 11 is 0. The molecule has 0 unspecified atom stereocenters. The zero-order valence-electron chi connectivity index (χ0n) is 17.7. The molecule has 11 heteroatoms. The maximum absolute atomic E-state index is 13.0. The van der Waals surface area contributed by atoms with Gasteiger partial charge in [0.15, 0.2) is 18.1 Å². The van der Waals surface area contributed by atoms with E-state index in [9.17, 15) is 14.0 Å². The average Bonchev–Trinajstić information content (AvgIpc) is 3.58. The van der Waals surface area contributed by atoms with Crippen LogP contribution in [0.4, 0.5) is 10.1 Å². The summed E-state index contributed by atoms with van der Waals surface area (Å²) in [5.74, 6) is -0.258. The first-order chi connectivity index (χ1) is 16.0. The van der Waals surface area contributed by atoms with E-state index in [0.29, 0.717) is 18.1 Å². The van der Waals surface area contributed by atoms with Gasteiger partial charge in [-0.3, -0.25) is 14.3 Å². The number of aryl methyl sites for hydroxylation is 1. The number of ether oxygens (including phenoxy) is 1. The lowest BCUT2D eigenvalue weighted by molar-refractivity contribution is 0.0943. The zero-order valence-corrected chi connectivity index (χ0v) is 17.7. The number of rotatable bonds is 9. The first kappa shape index (κ1) is 21.8. The number of aromatic nitrogens is 4. The van der Waals surface area contributed by atoms with Crippen LogP contribution in [0.25, 0.3) is 0 Å². The molecule has 0 aliphatic carbocycles. The molecule has 3 heterocycles. The summed E-state index contributed by atoms with van der Waals surface area (Å²) in [6.07, 6.45) is 4.67. The molecule has 0 saturated carbocycles. The van der Waals surface area contributed by atoms with E-state index in [1.807, 2.05) is 6.92 Å². The second-order valence-electron chi connectivity index (χ2n) is 6.93. The summed E-state index contributed by atoms with van der Waals surface area (Å²) in [6, 6.07) is 10.6. The van der Waals surface area contributed by atoms with Crippen molar-refractivity contribution in [3.05, 3.63) is 84.1 Å². The smallest absolute Gasteiger partial charge is 0.276 e. The third-order valence-corrected chi connectivity index (χ3v) is 4.60. The maximum Gasteiger partial charge on any atom is 0.276 e. The van der Waals surface area contributed by atoms with Crippen molar-refractivity contribution in [1.29, 1.82) is 0 Å². The normalized spacial score (nSPS) is 10.7. The maximum atomic E-state index is 13.0. The van der Waals surface area contributed by atoms with Gasteiger partial charge in [-0.05, 0) is 49.4 Å². The van der Waals surface area contributed by atoms with Gasteiger partial charge in [-0.2, -0.15) is 10.2 Å². The molecule has 0 atom stereocenters. The second-order valence-corrected chi connectivity index (χ2v) is 6.93. The number of carbonyl (C=O) groups excluding carboxylic acids is 2. The van der Waals surface area contributed by atoms with Crippen molar-refractivity contribution < 1.29 is 23.1 Å². The predicted octanol–water partition coefficient (Wildman–Crippen LogP) is 3.05. The summed E-state index contributed by atoms with van der Waals surface area (Å²) in [5, 5.41) is 13.8. The molecule has 0 radical (unpaired) electrons. The van der Waals surface area contributed by atoms with Crippen molar-refractivity contribution in [2.24, 2.45) is 0 Å². The van der Waals surface area contributed by atoms with Gasteiger partial charge in [0.2, 0.25) is 0 Å². The third kappa shape index (κ3) is 5.45. The Hall–Kier alpha value is -4.41. The second kappa shape index (κ2) is 9.81. The standard InChI is InChI=1S/C22H21FN6O4/c1-2-28-13-19(20(27-28)22(31)24-12-17-4-3-11-32-17)25-21(30)18-9-10-29(26-18)14-33-16-7-5-15(23)6-8-16/h3-11,13H,2,12,14H2,1H3,(H,24,31)(H,25,30). The van der Waals surface area contributed by atoms with E-state index in [4.69, 9.17) is 9.15 Å². The number of nitrogens with zero attached hydrogens (tertiary/aromatic N) is 4. The number of furan rings is 1. The first-order valence-corrected chi connectivity index (χ1v) is 10.1. The predicted molar refractivity (Wildman–Crippen MR) is 115 cm³/mol. The fourth-order valence-corrected chi connectivity index (χ4v) is 2.92. The number of nitrogens with one attached hydrogen (secondary N) is 2. The third-order valence-electron chi connectivity index (χ3n) is 4.60. The molecular weight excluding hydrogens is 431 g/mol. The molecule has 0 spiro atoms. The Labute approximate surface area is 188 Å². The Balaban J connectivity index is 1.40. The lowest BCUT2D eigenvalue weighted by Crippen LogP contribution is -2.25. The highest BCUT2D eigenvalue weighted by atomic mass is 19.1. The summed E-state index contributed by atoms with van der Waals surface area (Å²) < 4.78 is 26.7. The number of carbonyl (C=O) groups is 2. The lowest BCUT2D eigenvalue weighted by Gasteiger charge is -2.06. The van der Waals surface area contributed by atoms with Gasteiger partial charge in [0.25, 0.3) is 11.8 Å². The number of hydrogen-bond acceptors (Lipinski definition) is 6. The van der Waals surface area contributed by atoms with Gasteiger partial charge in [-0.1, -0.05) is 0 Å². The molecule has 10 nitrogen and oxygen atoms in total. The molecule has 0 bridgehead atoms. The van der Waals surface area contributed by atoms with Crippen molar-refractivity contribution in [1.82, 2.24) is 24.9 Å². The highest BCUT2D eigenvalue weighted by molar-refractivity contribution is 6.07. The summed E-state index contributed by atoms with van der Waals surface area (Å²) in [7, 11) is 0. The van der Waals surface area contributed by atoms with E-state index in [0.717, 1.165) is 0 Å². The molecule has 1 aromatic carbocycles. The topological polar surface area (TPSA) is 116 Å². The molecule has 0 fully saturated rings. The van der Waals surface area contributed by atoms with Crippen molar-refractivity contribution in [2.75, 3.05) is 5.32 Å². The number of anilines is 1. The van der Waals surface area contributed by atoms with Gasteiger partial charge in [-0.15, -0.1) is 0 Å². The van der Waals surface area contributed by atoms with Gasteiger partial charge >= 0.3 is 0 Å². The van der Waals surface area contributed by atoms with Crippen molar-refractivity contribution in [3.8, 4) is 5.75 Å². The molecule has 4 aromatic rings. The molecule has 0 saturated heterocycles. The van der Waals surface area contributed by atoms with Gasteiger partial charge < -0.3 is 19.8 Å². The van der Waals surface area contributed by atoms with Crippen LogP contribution >= 0.6 is 0 Å². The van der Waals surface area contributed by atoms with E-state index in [-0.39, 0.29) is 36.2 Å². The summed E-state index contributed by atoms with van der Waals surface area (Å²) in [5.41, 5.74) is 0.468. The van der Waals surface area contributed by atoms with E-state index < -0.39 is 11.8 Å². The molecular formula is C22H21FN6O4. The number of halogens is 1. The Bertz CT molecular complexity index is 1230. The Morgan fingerprint density at radius 2 is 1.91 bits per heavy atom. The van der Waals surface area contributed by atoms with E-state index in [2.05, 4.69) is 20.8 Å². The Kier molecular flexibility index (Phi) is 6.48.